The second-order valence-corrected chi connectivity index (χ2v) is 3.88. The number of hydrogen-bond donors (Lipinski definition) is 0. The fraction of sp³-hybridized carbons (Fsp3) is 0.444. The van der Waals surface area contributed by atoms with Crippen LogP contribution in [-0.4, -0.2) is 9.91 Å². The molecule has 0 fully saturated rings. The molecule has 4 heteroatoms. The molecule has 0 unspecified atom stereocenters. The van der Waals surface area contributed by atoms with E-state index in [-0.39, 0.29) is 11.1 Å². The van der Waals surface area contributed by atoms with Crippen LogP contribution in [-0.2, 0) is 5.41 Å². The largest absolute Gasteiger partial charge is 0.291 e. The van der Waals surface area contributed by atoms with Crippen molar-refractivity contribution < 1.29 is 4.92 Å². The molecule has 1 heterocycles. The highest BCUT2D eigenvalue weighted by atomic mass is 16.6. The van der Waals surface area contributed by atoms with Crippen molar-refractivity contribution >= 4 is 5.69 Å². The van der Waals surface area contributed by atoms with Gasteiger partial charge in [-0.1, -0.05) is 20.8 Å². The van der Waals surface area contributed by atoms with Crippen LogP contribution in [0.5, 0.6) is 0 Å². The summed E-state index contributed by atoms with van der Waals surface area (Å²) in [4.78, 5) is 14.3. The minimum Gasteiger partial charge on any atom is -0.258 e. The van der Waals surface area contributed by atoms with Crippen LogP contribution in [0.1, 0.15) is 26.5 Å². The molecular formula is C9H12N2O2. The molecule has 1 rings (SSSR count). The molecule has 0 saturated carbocycles. The molecule has 0 spiro atoms. The second-order valence-electron chi connectivity index (χ2n) is 3.88. The highest BCUT2D eigenvalue weighted by Crippen LogP contribution is 2.28. The van der Waals surface area contributed by atoms with Crippen LogP contribution in [0.15, 0.2) is 18.3 Å². The lowest BCUT2D eigenvalue weighted by molar-refractivity contribution is -0.386. The molecule has 0 amide bonds. The third-order valence-electron chi connectivity index (χ3n) is 1.69. The standard InChI is InChI=1S/C9H12N2O2/c1-9(2,3)8-7(11(12)13)5-4-6-10-8/h4-6H,1-3H3. The van der Waals surface area contributed by atoms with Crippen LogP contribution in [0, 0.1) is 10.1 Å². The molecule has 0 atom stereocenters. The average molecular weight is 180 g/mol. The fourth-order valence-corrected chi connectivity index (χ4v) is 1.12. The molecule has 1 aromatic heterocycles. The fourth-order valence-electron chi connectivity index (χ4n) is 1.12. The van der Waals surface area contributed by atoms with E-state index >= 15 is 0 Å². The van der Waals surface area contributed by atoms with Crippen molar-refractivity contribution in [3.8, 4) is 0 Å². The number of nitro groups is 1. The first-order valence-corrected chi connectivity index (χ1v) is 4.03. The highest BCUT2D eigenvalue weighted by molar-refractivity contribution is 5.38. The zero-order valence-electron chi connectivity index (χ0n) is 7.94. The Morgan fingerprint density at radius 1 is 1.46 bits per heavy atom. The molecule has 4 nitrogen and oxygen atoms in total. The van der Waals surface area contributed by atoms with E-state index in [1.54, 1.807) is 12.3 Å². The normalized spacial score (nSPS) is 11.3. The zero-order valence-corrected chi connectivity index (χ0v) is 7.94. The number of hydrogen-bond acceptors (Lipinski definition) is 3. The van der Waals surface area contributed by atoms with Crippen molar-refractivity contribution in [1.29, 1.82) is 0 Å². The van der Waals surface area contributed by atoms with Gasteiger partial charge < -0.3 is 0 Å². The lowest BCUT2D eigenvalue weighted by Gasteiger charge is -2.16. The van der Waals surface area contributed by atoms with Gasteiger partial charge in [0, 0.05) is 17.7 Å². The molecule has 13 heavy (non-hydrogen) atoms. The predicted molar refractivity (Wildman–Crippen MR) is 49.6 cm³/mol. The summed E-state index contributed by atoms with van der Waals surface area (Å²) in [6, 6.07) is 3.06. The smallest absolute Gasteiger partial charge is 0.258 e. The number of aromatic nitrogens is 1. The van der Waals surface area contributed by atoms with Gasteiger partial charge in [-0.3, -0.25) is 15.1 Å². The van der Waals surface area contributed by atoms with E-state index < -0.39 is 4.92 Å². The van der Waals surface area contributed by atoms with E-state index in [0.29, 0.717) is 5.69 Å². The Labute approximate surface area is 76.8 Å². The van der Waals surface area contributed by atoms with E-state index in [2.05, 4.69) is 4.98 Å². The molecule has 0 aromatic carbocycles. The molecule has 0 aliphatic carbocycles. The van der Waals surface area contributed by atoms with Crippen LogP contribution < -0.4 is 0 Å². The maximum atomic E-state index is 10.6. The molecule has 0 aliphatic heterocycles. The summed E-state index contributed by atoms with van der Waals surface area (Å²) in [6.45, 7) is 5.72. The van der Waals surface area contributed by atoms with Gasteiger partial charge in [0.05, 0.1) is 4.92 Å². The first kappa shape index (κ1) is 9.64. The van der Waals surface area contributed by atoms with Crippen molar-refractivity contribution in [3.05, 3.63) is 34.1 Å². The molecule has 1 aromatic rings. The predicted octanol–water partition coefficient (Wildman–Crippen LogP) is 2.29. The van der Waals surface area contributed by atoms with Gasteiger partial charge in [0.25, 0.3) is 5.69 Å². The summed E-state index contributed by atoms with van der Waals surface area (Å²) < 4.78 is 0. The number of rotatable bonds is 1. The van der Waals surface area contributed by atoms with Crippen LogP contribution >= 0.6 is 0 Å². The molecule has 0 aliphatic rings. The molecule has 70 valence electrons. The molecule has 0 radical (unpaired) electrons. The lowest BCUT2D eigenvalue weighted by atomic mass is 9.90. The van der Waals surface area contributed by atoms with Crippen LogP contribution in [0.4, 0.5) is 5.69 Å². The number of pyridine rings is 1. The first-order valence-electron chi connectivity index (χ1n) is 4.03. The minimum absolute atomic E-state index is 0.0926. The van der Waals surface area contributed by atoms with Gasteiger partial charge in [-0.25, -0.2) is 0 Å². The summed E-state index contributed by atoms with van der Waals surface area (Å²) in [7, 11) is 0. The Bertz CT molecular complexity index is 329. The SMILES string of the molecule is CC(C)(C)c1ncccc1[N+](=O)[O-]. The van der Waals surface area contributed by atoms with Crippen molar-refractivity contribution in [2.45, 2.75) is 26.2 Å². The maximum absolute atomic E-state index is 10.6. The van der Waals surface area contributed by atoms with Crippen molar-refractivity contribution in [1.82, 2.24) is 4.98 Å². The molecule has 0 saturated heterocycles. The molecular weight excluding hydrogens is 168 g/mol. The lowest BCUT2D eigenvalue weighted by Crippen LogP contribution is -2.15. The summed E-state index contributed by atoms with van der Waals surface area (Å²) in [5, 5.41) is 10.6. The summed E-state index contributed by atoms with van der Waals surface area (Å²) in [5.74, 6) is 0. The maximum Gasteiger partial charge on any atom is 0.291 e. The van der Waals surface area contributed by atoms with Crippen molar-refractivity contribution in [2.75, 3.05) is 0 Å². The van der Waals surface area contributed by atoms with Crippen LogP contribution in [0.3, 0.4) is 0 Å². The Morgan fingerprint density at radius 3 is 2.46 bits per heavy atom. The Balaban J connectivity index is 3.28. The third-order valence-corrected chi connectivity index (χ3v) is 1.69. The van der Waals surface area contributed by atoms with Crippen LogP contribution in [0.25, 0.3) is 0 Å². The summed E-state index contributed by atoms with van der Waals surface area (Å²) in [6.07, 6.45) is 1.58. The van der Waals surface area contributed by atoms with Crippen LogP contribution in [0.2, 0.25) is 0 Å². The van der Waals surface area contributed by atoms with Gasteiger partial charge in [0.15, 0.2) is 0 Å². The molecule has 0 N–H and O–H groups in total. The quantitative estimate of drug-likeness (QED) is 0.492. The van der Waals surface area contributed by atoms with E-state index in [1.165, 1.54) is 6.07 Å². The second kappa shape index (κ2) is 3.12. The van der Waals surface area contributed by atoms with E-state index in [4.69, 9.17) is 0 Å². The molecule has 0 bridgehead atoms. The van der Waals surface area contributed by atoms with Gasteiger partial charge in [-0.15, -0.1) is 0 Å². The monoisotopic (exact) mass is 180 g/mol. The van der Waals surface area contributed by atoms with Gasteiger partial charge in [0.1, 0.15) is 5.69 Å². The zero-order chi connectivity index (χ0) is 10.1. The van der Waals surface area contributed by atoms with Gasteiger partial charge in [0.2, 0.25) is 0 Å². The highest BCUT2D eigenvalue weighted by Gasteiger charge is 2.25. The third kappa shape index (κ3) is 2.02. The van der Waals surface area contributed by atoms with Gasteiger partial charge in [-0.2, -0.15) is 0 Å². The Kier molecular flexibility index (Phi) is 2.32. The van der Waals surface area contributed by atoms with E-state index in [1.807, 2.05) is 20.8 Å². The minimum atomic E-state index is -0.395. The van der Waals surface area contributed by atoms with E-state index in [9.17, 15) is 10.1 Å². The first-order chi connectivity index (χ1) is 5.93. The Hall–Kier alpha value is -1.45. The average Bonchev–Trinajstić information content (AvgIpc) is 2.03. The van der Waals surface area contributed by atoms with Crippen molar-refractivity contribution in [3.63, 3.8) is 0 Å². The number of nitrogens with zero attached hydrogens (tertiary/aromatic N) is 2. The summed E-state index contributed by atoms with van der Waals surface area (Å²) in [5.41, 5.74) is 0.332. The topological polar surface area (TPSA) is 56.0 Å². The summed E-state index contributed by atoms with van der Waals surface area (Å²) >= 11 is 0. The van der Waals surface area contributed by atoms with E-state index in [0.717, 1.165) is 0 Å². The van der Waals surface area contributed by atoms with Gasteiger partial charge in [-0.05, 0) is 6.07 Å². The van der Waals surface area contributed by atoms with Gasteiger partial charge >= 0.3 is 0 Å². The van der Waals surface area contributed by atoms with Crippen molar-refractivity contribution in [2.24, 2.45) is 0 Å². The Morgan fingerprint density at radius 2 is 2.08 bits per heavy atom.